The van der Waals surface area contributed by atoms with Gasteiger partial charge in [0.2, 0.25) is 5.96 Å². The van der Waals surface area contributed by atoms with E-state index in [0.29, 0.717) is 0 Å². The Morgan fingerprint density at radius 3 is 2.02 bits per heavy atom. The highest BCUT2D eigenvalue weighted by Crippen LogP contribution is 2.43. The molecule has 4 nitrogen and oxygen atoms in total. The second-order valence-corrected chi connectivity index (χ2v) is 12.0. The van der Waals surface area contributed by atoms with Gasteiger partial charge in [0.1, 0.15) is 0 Å². The maximum absolute atomic E-state index is 5.37. The van der Waals surface area contributed by atoms with Gasteiger partial charge in [0.05, 0.1) is 33.8 Å². The van der Waals surface area contributed by atoms with Crippen LogP contribution in [0.4, 0.5) is 5.69 Å². The van der Waals surface area contributed by atoms with Crippen LogP contribution < -0.4 is 5.32 Å². The van der Waals surface area contributed by atoms with Crippen LogP contribution in [0.5, 0.6) is 0 Å². The third kappa shape index (κ3) is 3.52. The smallest absolute Gasteiger partial charge is 0.209 e. The summed E-state index contributed by atoms with van der Waals surface area (Å²) in [5, 5.41) is 11.3. The van der Waals surface area contributed by atoms with Crippen LogP contribution in [0.2, 0.25) is 0 Å². The number of aliphatic imine (C=N–C) groups is 1. The monoisotopic (exact) mass is 588 g/mol. The van der Waals surface area contributed by atoms with E-state index < -0.39 is 0 Å². The molecule has 0 aliphatic carbocycles. The maximum Gasteiger partial charge on any atom is 0.209 e. The third-order valence-electron chi connectivity index (χ3n) is 9.56. The van der Waals surface area contributed by atoms with Crippen LogP contribution in [-0.2, 0) is 0 Å². The van der Waals surface area contributed by atoms with Crippen molar-refractivity contribution < 1.29 is 0 Å². The SMILES string of the molecule is c1ccc(C2NC(n3c4ccc5ccccc5c4c4ccc5c6ccccc6n(-c6ccccc6)c5c43)=Nc3ccccc32)cc1. The van der Waals surface area contributed by atoms with Crippen molar-refractivity contribution >= 4 is 66.0 Å². The molecule has 216 valence electrons. The maximum atomic E-state index is 5.37. The van der Waals surface area contributed by atoms with Gasteiger partial charge in [-0.3, -0.25) is 4.57 Å². The number of para-hydroxylation sites is 3. The van der Waals surface area contributed by atoms with Crippen LogP contribution in [0, 0.1) is 0 Å². The Hall–Kier alpha value is -6.13. The fourth-order valence-corrected chi connectivity index (χ4v) is 7.59. The third-order valence-corrected chi connectivity index (χ3v) is 9.56. The summed E-state index contributed by atoms with van der Waals surface area (Å²) in [7, 11) is 0. The predicted octanol–water partition coefficient (Wildman–Crippen LogP) is 10.3. The molecule has 0 radical (unpaired) electrons. The van der Waals surface area contributed by atoms with Crippen molar-refractivity contribution in [3.63, 3.8) is 0 Å². The minimum Gasteiger partial charge on any atom is -0.344 e. The zero-order valence-corrected chi connectivity index (χ0v) is 24.9. The van der Waals surface area contributed by atoms with Gasteiger partial charge < -0.3 is 9.88 Å². The van der Waals surface area contributed by atoms with Crippen molar-refractivity contribution in [2.24, 2.45) is 4.99 Å². The zero-order valence-electron chi connectivity index (χ0n) is 24.9. The molecule has 46 heavy (non-hydrogen) atoms. The van der Waals surface area contributed by atoms with Crippen molar-refractivity contribution in [3.05, 3.63) is 169 Å². The molecule has 0 fully saturated rings. The summed E-state index contributed by atoms with van der Waals surface area (Å²) in [6.45, 7) is 0. The molecule has 0 spiro atoms. The highest BCUT2D eigenvalue weighted by Gasteiger charge is 2.28. The van der Waals surface area contributed by atoms with Crippen LogP contribution in [-0.4, -0.2) is 15.1 Å². The molecule has 1 unspecified atom stereocenters. The number of hydrogen-bond donors (Lipinski definition) is 1. The molecule has 9 aromatic rings. The van der Waals surface area contributed by atoms with Crippen LogP contribution >= 0.6 is 0 Å². The molecule has 7 aromatic carbocycles. The molecule has 1 N–H and O–H groups in total. The Balaban J connectivity index is 1.40. The molecule has 10 rings (SSSR count). The minimum atomic E-state index is -0.0444. The lowest BCUT2D eigenvalue weighted by Gasteiger charge is -2.28. The quantitative estimate of drug-likeness (QED) is 0.214. The first kappa shape index (κ1) is 25.2. The van der Waals surface area contributed by atoms with E-state index in [4.69, 9.17) is 4.99 Å². The van der Waals surface area contributed by atoms with E-state index in [9.17, 15) is 0 Å². The molecule has 1 aliphatic rings. The second-order valence-electron chi connectivity index (χ2n) is 12.0. The summed E-state index contributed by atoms with van der Waals surface area (Å²) >= 11 is 0. The van der Waals surface area contributed by atoms with Crippen molar-refractivity contribution in [1.29, 1.82) is 0 Å². The highest BCUT2D eigenvalue weighted by molar-refractivity contribution is 6.30. The molecular weight excluding hydrogens is 560 g/mol. The number of rotatable bonds is 2. The highest BCUT2D eigenvalue weighted by atomic mass is 15.2. The lowest BCUT2D eigenvalue weighted by Crippen LogP contribution is -2.36. The average molecular weight is 589 g/mol. The molecular formula is C42H28N4. The van der Waals surface area contributed by atoms with Crippen molar-refractivity contribution in [2.75, 3.05) is 0 Å². The standard InChI is InChI=1S/C42H28N4/c1-3-14-28(15-4-1)39-33-20-9-11-21-35(33)43-42(44-39)46-37-26-23-27-13-7-8-18-30(27)38(37)34-25-24-32-31-19-10-12-22-36(31)45(40(32)41(34)46)29-16-5-2-6-17-29/h1-26,39H,(H,43,44). The molecule has 0 bridgehead atoms. The first-order chi connectivity index (χ1) is 22.8. The van der Waals surface area contributed by atoms with E-state index >= 15 is 0 Å². The Morgan fingerprint density at radius 1 is 0.478 bits per heavy atom. The van der Waals surface area contributed by atoms with E-state index in [1.807, 2.05) is 0 Å². The van der Waals surface area contributed by atoms with Gasteiger partial charge in [-0.05, 0) is 46.7 Å². The lowest BCUT2D eigenvalue weighted by atomic mass is 9.96. The molecule has 4 heteroatoms. The molecule has 2 aromatic heterocycles. The topological polar surface area (TPSA) is 34.2 Å². The summed E-state index contributed by atoms with van der Waals surface area (Å²) in [6, 6.07) is 56.4. The first-order valence-electron chi connectivity index (χ1n) is 15.8. The van der Waals surface area contributed by atoms with E-state index in [2.05, 4.69) is 172 Å². The molecule has 0 amide bonds. The van der Waals surface area contributed by atoms with Gasteiger partial charge in [0.25, 0.3) is 0 Å². The first-order valence-corrected chi connectivity index (χ1v) is 15.8. The molecule has 3 heterocycles. The van der Waals surface area contributed by atoms with Gasteiger partial charge in [0.15, 0.2) is 0 Å². The van der Waals surface area contributed by atoms with Gasteiger partial charge in [0, 0.05) is 32.8 Å². The second kappa shape index (κ2) is 9.68. The lowest BCUT2D eigenvalue weighted by molar-refractivity contribution is 0.731. The fourth-order valence-electron chi connectivity index (χ4n) is 7.59. The normalized spacial score (nSPS) is 14.6. The number of aromatic nitrogens is 2. The Bertz CT molecular complexity index is 2660. The molecule has 1 atom stereocenters. The van der Waals surface area contributed by atoms with Gasteiger partial charge in [-0.25, -0.2) is 4.99 Å². The van der Waals surface area contributed by atoms with Crippen LogP contribution in [0.3, 0.4) is 0 Å². The Kier molecular flexibility index (Phi) is 5.31. The van der Waals surface area contributed by atoms with Crippen LogP contribution in [0.1, 0.15) is 17.2 Å². The minimum absolute atomic E-state index is 0.0444. The van der Waals surface area contributed by atoms with E-state index in [-0.39, 0.29) is 6.04 Å². The summed E-state index contributed by atoms with van der Waals surface area (Å²) in [4.78, 5) is 5.37. The molecule has 0 saturated heterocycles. The summed E-state index contributed by atoms with van der Waals surface area (Å²) in [6.07, 6.45) is 0. The van der Waals surface area contributed by atoms with Gasteiger partial charge in [-0.2, -0.15) is 0 Å². The summed E-state index contributed by atoms with van der Waals surface area (Å²) < 4.78 is 4.81. The number of benzene rings is 7. The Labute approximate surface area is 265 Å². The van der Waals surface area contributed by atoms with Crippen molar-refractivity contribution in [3.8, 4) is 5.69 Å². The van der Waals surface area contributed by atoms with Crippen LogP contribution in [0.15, 0.2) is 163 Å². The van der Waals surface area contributed by atoms with Gasteiger partial charge in [-0.1, -0.05) is 127 Å². The number of hydrogen-bond acceptors (Lipinski definition) is 2. The Morgan fingerprint density at radius 2 is 1.15 bits per heavy atom. The largest absolute Gasteiger partial charge is 0.344 e. The van der Waals surface area contributed by atoms with E-state index in [1.54, 1.807) is 0 Å². The van der Waals surface area contributed by atoms with Gasteiger partial charge in [-0.15, -0.1) is 0 Å². The van der Waals surface area contributed by atoms with Gasteiger partial charge >= 0.3 is 0 Å². The van der Waals surface area contributed by atoms with Crippen molar-refractivity contribution in [1.82, 2.24) is 14.5 Å². The number of nitrogens with one attached hydrogen (secondary N) is 1. The predicted molar refractivity (Wildman–Crippen MR) is 192 cm³/mol. The summed E-state index contributed by atoms with van der Waals surface area (Å²) in [5.41, 5.74) is 9.12. The summed E-state index contributed by atoms with van der Waals surface area (Å²) in [5.74, 6) is 0.820. The number of nitrogens with zero attached hydrogens (tertiary/aromatic N) is 3. The number of fused-ring (bicyclic) bond motifs is 10. The van der Waals surface area contributed by atoms with E-state index in [1.165, 1.54) is 54.5 Å². The van der Waals surface area contributed by atoms with Crippen LogP contribution in [0.25, 0.3) is 60.1 Å². The van der Waals surface area contributed by atoms with E-state index in [0.717, 1.165) is 28.4 Å². The molecule has 1 aliphatic heterocycles. The fraction of sp³-hybridized carbons (Fsp3) is 0.0238. The zero-order chi connectivity index (χ0) is 30.2. The molecule has 0 saturated carbocycles. The van der Waals surface area contributed by atoms with Crippen molar-refractivity contribution in [2.45, 2.75) is 6.04 Å². The average Bonchev–Trinajstić information content (AvgIpc) is 3.65.